The van der Waals surface area contributed by atoms with Crippen molar-refractivity contribution in [1.29, 1.82) is 0 Å². The fourth-order valence-electron chi connectivity index (χ4n) is 1.82. The number of benzene rings is 1. The van der Waals surface area contributed by atoms with Gasteiger partial charge in [-0.05, 0) is 25.1 Å². The molecule has 2 rings (SSSR count). The predicted octanol–water partition coefficient (Wildman–Crippen LogP) is 2.82. The van der Waals surface area contributed by atoms with Gasteiger partial charge in [-0.2, -0.15) is 17.5 Å². The van der Waals surface area contributed by atoms with Crippen LogP contribution in [0, 0.1) is 6.92 Å². The van der Waals surface area contributed by atoms with Crippen molar-refractivity contribution in [2.24, 2.45) is 0 Å². The molecule has 0 aliphatic heterocycles. The molecule has 0 saturated carbocycles. The SMILES string of the molecule is Cc1cc(CN(C)S(=O)(=O)c2cccc(C(F)(F)F)c2)no1. The predicted molar refractivity (Wildman–Crippen MR) is 71.3 cm³/mol. The van der Waals surface area contributed by atoms with E-state index in [2.05, 4.69) is 5.16 Å². The average molecular weight is 334 g/mol. The number of hydrogen-bond donors (Lipinski definition) is 0. The second-order valence-electron chi connectivity index (χ2n) is 4.72. The molecular formula is C13H13F3N2O3S. The van der Waals surface area contributed by atoms with Crippen LogP contribution >= 0.6 is 0 Å². The van der Waals surface area contributed by atoms with Crippen LogP contribution in [0.3, 0.4) is 0 Å². The third-order valence-corrected chi connectivity index (χ3v) is 4.73. The van der Waals surface area contributed by atoms with Crippen LogP contribution in [-0.4, -0.2) is 24.9 Å². The fourth-order valence-corrected chi connectivity index (χ4v) is 3.01. The summed E-state index contributed by atoms with van der Waals surface area (Å²) in [5.74, 6) is 0.514. The smallest absolute Gasteiger partial charge is 0.361 e. The van der Waals surface area contributed by atoms with Gasteiger partial charge in [0.2, 0.25) is 10.0 Å². The van der Waals surface area contributed by atoms with E-state index in [1.54, 1.807) is 13.0 Å². The summed E-state index contributed by atoms with van der Waals surface area (Å²) in [5, 5.41) is 3.66. The number of rotatable bonds is 4. The van der Waals surface area contributed by atoms with E-state index in [1.165, 1.54) is 7.05 Å². The van der Waals surface area contributed by atoms with Gasteiger partial charge in [0.15, 0.2) is 0 Å². The minimum absolute atomic E-state index is 0.101. The third-order valence-electron chi connectivity index (χ3n) is 2.93. The Morgan fingerprint density at radius 2 is 1.95 bits per heavy atom. The van der Waals surface area contributed by atoms with Gasteiger partial charge in [0.1, 0.15) is 5.76 Å². The Morgan fingerprint density at radius 3 is 2.50 bits per heavy atom. The largest absolute Gasteiger partial charge is 0.416 e. The lowest BCUT2D eigenvalue weighted by Crippen LogP contribution is -2.27. The molecule has 22 heavy (non-hydrogen) atoms. The summed E-state index contributed by atoms with van der Waals surface area (Å²) in [7, 11) is -2.80. The van der Waals surface area contributed by atoms with Crippen molar-refractivity contribution in [2.75, 3.05) is 7.05 Å². The molecule has 0 fully saturated rings. The molecule has 0 amide bonds. The number of sulfonamides is 1. The van der Waals surface area contributed by atoms with E-state index in [9.17, 15) is 21.6 Å². The molecule has 1 aromatic heterocycles. The summed E-state index contributed by atoms with van der Waals surface area (Å²) in [4.78, 5) is -0.426. The molecule has 0 aliphatic carbocycles. The van der Waals surface area contributed by atoms with Gasteiger partial charge in [-0.3, -0.25) is 0 Å². The first-order valence-electron chi connectivity index (χ1n) is 6.16. The number of halogens is 3. The van der Waals surface area contributed by atoms with Crippen LogP contribution in [0.5, 0.6) is 0 Å². The van der Waals surface area contributed by atoms with Crippen LogP contribution in [0.1, 0.15) is 17.0 Å². The van der Waals surface area contributed by atoms with Gasteiger partial charge in [0, 0.05) is 13.1 Å². The number of aromatic nitrogens is 1. The highest BCUT2D eigenvalue weighted by atomic mass is 32.2. The van der Waals surface area contributed by atoms with E-state index in [4.69, 9.17) is 4.52 Å². The minimum Gasteiger partial charge on any atom is -0.361 e. The zero-order chi connectivity index (χ0) is 16.5. The maximum absolute atomic E-state index is 12.7. The fraction of sp³-hybridized carbons (Fsp3) is 0.308. The van der Waals surface area contributed by atoms with Gasteiger partial charge in [-0.1, -0.05) is 11.2 Å². The normalized spacial score (nSPS) is 12.8. The maximum atomic E-state index is 12.7. The Kier molecular flexibility index (Phi) is 4.30. The van der Waals surface area contributed by atoms with Gasteiger partial charge < -0.3 is 4.52 Å². The molecule has 0 N–H and O–H groups in total. The van der Waals surface area contributed by atoms with Gasteiger partial charge in [-0.15, -0.1) is 0 Å². The lowest BCUT2D eigenvalue weighted by molar-refractivity contribution is -0.137. The molecule has 2 aromatic rings. The monoisotopic (exact) mass is 334 g/mol. The summed E-state index contributed by atoms with van der Waals surface area (Å²) in [6, 6.07) is 5.16. The van der Waals surface area contributed by atoms with Crippen molar-refractivity contribution in [3.63, 3.8) is 0 Å². The molecular weight excluding hydrogens is 321 g/mol. The highest BCUT2D eigenvalue weighted by molar-refractivity contribution is 7.89. The van der Waals surface area contributed by atoms with Crippen LogP contribution in [0.25, 0.3) is 0 Å². The van der Waals surface area contributed by atoms with Gasteiger partial charge in [0.05, 0.1) is 22.7 Å². The van der Waals surface area contributed by atoms with E-state index in [0.717, 1.165) is 22.5 Å². The Balaban J connectivity index is 2.30. The lowest BCUT2D eigenvalue weighted by Gasteiger charge is -2.16. The number of aryl methyl sites for hydroxylation is 1. The highest BCUT2D eigenvalue weighted by Gasteiger charge is 2.32. The standard InChI is InChI=1S/C13H13F3N2O3S/c1-9-6-11(17-21-9)8-18(2)22(19,20)12-5-3-4-10(7-12)13(14,15)16/h3-7H,8H2,1-2H3. The van der Waals surface area contributed by atoms with Crippen molar-refractivity contribution < 1.29 is 26.1 Å². The molecule has 0 bridgehead atoms. The second kappa shape index (κ2) is 5.73. The van der Waals surface area contributed by atoms with E-state index in [-0.39, 0.29) is 6.54 Å². The van der Waals surface area contributed by atoms with Crippen LogP contribution in [-0.2, 0) is 22.7 Å². The molecule has 9 heteroatoms. The van der Waals surface area contributed by atoms with Crippen LogP contribution in [0.2, 0.25) is 0 Å². The highest BCUT2D eigenvalue weighted by Crippen LogP contribution is 2.31. The summed E-state index contributed by atoms with van der Waals surface area (Å²) >= 11 is 0. The molecule has 0 aliphatic rings. The summed E-state index contributed by atoms with van der Waals surface area (Å²) in [5.41, 5.74) is -0.644. The Labute approximate surface area is 125 Å². The van der Waals surface area contributed by atoms with E-state index in [0.29, 0.717) is 17.5 Å². The molecule has 0 saturated heterocycles. The lowest BCUT2D eigenvalue weighted by atomic mass is 10.2. The molecule has 0 radical (unpaired) electrons. The van der Waals surface area contributed by atoms with Crippen molar-refractivity contribution in [2.45, 2.75) is 24.5 Å². The van der Waals surface area contributed by atoms with E-state index in [1.807, 2.05) is 0 Å². The summed E-state index contributed by atoms with van der Waals surface area (Å²) < 4.78 is 68.4. The summed E-state index contributed by atoms with van der Waals surface area (Å²) in [6.45, 7) is 1.55. The van der Waals surface area contributed by atoms with Gasteiger partial charge >= 0.3 is 6.18 Å². The molecule has 0 atom stereocenters. The molecule has 1 aromatic carbocycles. The minimum atomic E-state index is -4.60. The Morgan fingerprint density at radius 1 is 1.27 bits per heavy atom. The van der Waals surface area contributed by atoms with E-state index < -0.39 is 26.7 Å². The number of hydrogen-bond acceptors (Lipinski definition) is 4. The Hall–Kier alpha value is -1.87. The zero-order valence-corrected chi connectivity index (χ0v) is 12.6. The zero-order valence-electron chi connectivity index (χ0n) is 11.8. The van der Waals surface area contributed by atoms with Crippen molar-refractivity contribution in [1.82, 2.24) is 9.46 Å². The average Bonchev–Trinajstić information content (AvgIpc) is 2.83. The van der Waals surface area contributed by atoms with Crippen molar-refractivity contribution in [3.8, 4) is 0 Å². The van der Waals surface area contributed by atoms with Gasteiger partial charge in [-0.25, -0.2) is 8.42 Å². The quantitative estimate of drug-likeness (QED) is 0.862. The van der Waals surface area contributed by atoms with Crippen molar-refractivity contribution in [3.05, 3.63) is 47.3 Å². The summed E-state index contributed by atoms with van der Waals surface area (Å²) in [6.07, 6.45) is -4.60. The van der Waals surface area contributed by atoms with Crippen molar-refractivity contribution >= 4 is 10.0 Å². The maximum Gasteiger partial charge on any atom is 0.416 e. The molecule has 0 spiro atoms. The van der Waals surface area contributed by atoms with Crippen LogP contribution in [0.15, 0.2) is 39.8 Å². The number of nitrogens with zero attached hydrogens (tertiary/aromatic N) is 2. The molecule has 120 valence electrons. The first-order valence-corrected chi connectivity index (χ1v) is 7.60. The second-order valence-corrected chi connectivity index (χ2v) is 6.76. The first kappa shape index (κ1) is 16.5. The van der Waals surface area contributed by atoms with E-state index >= 15 is 0 Å². The molecule has 5 nitrogen and oxygen atoms in total. The Bertz CT molecular complexity index is 769. The van der Waals surface area contributed by atoms with Gasteiger partial charge in [0.25, 0.3) is 0 Å². The first-order chi connectivity index (χ1) is 10.1. The topological polar surface area (TPSA) is 63.4 Å². The van der Waals surface area contributed by atoms with Crippen LogP contribution < -0.4 is 0 Å². The third kappa shape index (κ3) is 3.47. The molecule has 0 unspecified atom stereocenters. The number of alkyl halides is 3. The van der Waals surface area contributed by atoms with Crippen LogP contribution in [0.4, 0.5) is 13.2 Å². The molecule has 1 heterocycles.